The summed E-state index contributed by atoms with van der Waals surface area (Å²) in [5.41, 5.74) is -4.09. The number of pyridine rings is 1. The summed E-state index contributed by atoms with van der Waals surface area (Å²) >= 11 is -0.277. The quantitative estimate of drug-likeness (QED) is 0.229. The van der Waals surface area contributed by atoms with Gasteiger partial charge in [0.25, 0.3) is 0 Å². The number of benzene rings is 2. The molecule has 11 heteroatoms. The Labute approximate surface area is 201 Å². The summed E-state index contributed by atoms with van der Waals surface area (Å²) < 4.78 is 45.4. The number of carbonyl (C=O) groups is 1. The Hall–Kier alpha value is -3.99. The van der Waals surface area contributed by atoms with Crippen LogP contribution in [0.5, 0.6) is 11.6 Å². The molecule has 7 nitrogen and oxygen atoms in total. The number of alkyl halides is 3. The van der Waals surface area contributed by atoms with Crippen LogP contribution in [-0.4, -0.2) is 30.7 Å². The predicted octanol–water partition coefficient (Wildman–Crippen LogP) is 4.93. The summed E-state index contributed by atoms with van der Waals surface area (Å²) in [7, 11) is 0. The molecule has 0 radical (unpaired) electrons. The number of aromatic nitrogens is 3. The first-order valence-corrected chi connectivity index (χ1v) is 11.0. The highest BCUT2D eigenvalue weighted by Gasteiger charge is 2.29. The van der Waals surface area contributed by atoms with Crippen molar-refractivity contribution in [3.05, 3.63) is 100 Å². The molecule has 0 aliphatic heterocycles. The predicted molar refractivity (Wildman–Crippen MR) is 123 cm³/mol. The molecule has 0 unspecified atom stereocenters. The smallest absolute Gasteiger partial charge is 0.446 e. The van der Waals surface area contributed by atoms with Gasteiger partial charge in [0.15, 0.2) is 0 Å². The normalized spacial score (nSPS) is 11.4. The second-order valence-corrected chi connectivity index (χ2v) is 8.53. The molecule has 0 saturated heterocycles. The van der Waals surface area contributed by atoms with Crippen LogP contribution in [0.3, 0.4) is 0 Å². The van der Waals surface area contributed by atoms with Crippen LogP contribution in [0.25, 0.3) is 5.69 Å². The second-order valence-electron chi connectivity index (χ2n) is 7.39. The van der Waals surface area contributed by atoms with Gasteiger partial charge in [0.2, 0.25) is 5.88 Å². The molecule has 180 valence electrons. The van der Waals surface area contributed by atoms with E-state index < -0.39 is 17.2 Å². The molecule has 0 atom stereocenters. The van der Waals surface area contributed by atoms with Gasteiger partial charge in [0.05, 0.1) is 23.5 Å². The molecular weight excluding hydrogens is 483 g/mol. The van der Waals surface area contributed by atoms with Crippen molar-refractivity contribution in [3.8, 4) is 17.3 Å². The van der Waals surface area contributed by atoms with Gasteiger partial charge in [-0.2, -0.15) is 13.2 Å². The van der Waals surface area contributed by atoms with Gasteiger partial charge in [0, 0.05) is 17.3 Å². The molecule has 0 fully saturated rings. The molecular formula is C24H18F3N3O4S. The van der Waals surface area contributed by atoms with Gasteiger partial charge >= 0.3 is 17.2 Å². The molecule has 0 bridgehead atoms. The van der Waals surface area contributed by atoms with E-state index in [4.69, 9.17) is 4.74 Å². The summed E-state index contributed by atoms with van der Waals surface area (Å²) in [5.74, 6) is -0.684. The summed E-state index contributed by atoms with van der Waals surface area (Å²) in [4.78, 5) is 29.8. The topological polar surface area (TPSA) is 86.4 Å². The Morgan fingerprint density at radius 1 is 1.09 bits per heavy atom. The largest absolute Gasteiger partial charge is 0.493 e. The third-order valence-electron chi connectivity index (χ3n) is 5.10. The Morgan fingerprint density at radius 2 is 1.77 bits per heavy atom. The van der Waals surface area contributed by atoms with E-state index in [1.807, 2.05) is 0 Å². The van der Waals surface area contributed by atoms with Crippen LogP contribution in [-0.2, 0) is 6.54 Å². The number of aromatic hydroxyl groups is 1. The molecule has 0 aliphatic carbocycles. The van der Waals surface area contributed by atoms with Crippen LogP contribution in [0.1, 0.15) is 21.6 Å². The van der Waals surface area contributed by atoms with Crippen LogP contribution < -0.4 is 10.4 Å². The Balaban J connectivity index is 1.64. The van der Waals surface area contributed by atoms with Gasteiger partial charge in [-0.05, 0) is 66.7 Å². The summed E-state index contributed by atoms with van der Waals surface area (Å²) in [6.45, 7) is 1.44. The van der Waals surface area contributed by atoms with Gasteiger partial charge in [-0.3, -0.25) is 9.55 Å². The summed E-state index contributed by atoms with van der Waals surface area (Å²) in [6.07, 6.45) is 2.79. The van der Waals surface area contributed by atoms with E-state index >= 15 is 0 Å². The van der Waals surface area contributed by atoms with E-state index in [1.165, 1.54) is 48.1 Å². The fourth-order valence-corrected chi connectivity index (χ4v) is 3.96. The van der Waals surface area contributed by atoms with Gasteiger partial charge in [-0.1, -0.05) is 18.2 Å². The molecule has 4 aromatic rings. The first kappa shape index (κ1) is 24.1. The van der Waals surface area contributed by atoms with Crippen molar-refractivity contribution < 1.29 is 27.8 Å². The van der Waals surface area contributed by atoms with E-state index in [2.05, 4.69) is 4.98 Å². The van der Waals surface area contributed by atoms with E-state index in [-0.39, 0.29) is 46.0 Å². The van der Waals surface area contributed by atoms with Crippen molar-refractivity contribution in [3.63, 3.8) is 0 Å². The number of halogens is 3. The van der Waals surface area contributed by atoms with Crippen molar-refractivity contribution in [2.24, 2.45) is 0 Å². The van der Waals surface area contributed by atoms with Gasteiger partial charge < -0.3 is 9.84 Å². The highest BCUT2D eigenvalue weighted by molar-refractivity contribution is 8.00. The molecule has 0 aliphatic rings. The number of carbonyl (C=O) groups excluding carboxylic acids is 1. The number of rotatable bonds is 6. The van der Waals surface area contributed by atoms with Gasteiger partial charge in [-0.15, -0.1) is 0 Å². The van der Waals surface area contributed by atoms with E-state index in [0.717, 1.165) is 4.57 Å². The fourth-order valence-electron chi connectivity index (χ4n) is 3.42. The minimum Gasteiger partial charge on any atom is -0.493 e. The lowest BCUT2D eigenvalue weighted by atomic mass is 10.1. The maximum atomic E-state index is 13.2. The molecule has 2 aromatic carbocycles. The molecule has 2 aromatic heterocycles. The van der Waals surface area contributed by atoms with E-state index in [1.54, 1.807) is 36.4 Å². The maximum Gasteiger partial charge on any atom is 0.446 e. The van der Waals surface area contributed by atoms with Crippen LogP contribution >= 0.6 is 11.8 Å². The van der Waals surface area contributed by atoms with Crippen molar-refractivity contribution in [1.82, 2.24) is 14.1 Å². The Kier molecular flexibility index (Phi) is 6.70. The molecule has 2 heterocycles. The van der Waals surface area contributed by atoms with Crippen LogP contribution in [0.15, 0.2) is 82.7 Å². The van der Waals surface area contributed by atoms with Crippen molar-refractivity contribution >= 4 is 17.7 Å². The minimum absolute atomic E-state index is 0.0525. The van der Waals surface area contributed by atoms with Gasteiger partial charge in [0.1, 0.15) is 5.75 Å². The number of nitrogens with zero attached hydrogens (tertiary/aromatic N) is 3. The molecule has 0 spiro atoms. The number of ether oxygens (including phenoxy) is 1. The third kappa shape index (κ3) is 5.40. The van der Waals surface area contributed by atoms with E-state index in [0.29, 0.717) is 11.3 Å². The van der Waals surface area contributed by atoms with Crippen molar-refractivity contribution in [2.45, 2.75) is 23.9 Å². The van der Waals surface area contributed by atoms with Crippen LogP contribution in [0.4, 0.5) is 13.2 Å². The zero-order valence-corrected chi connectivity index (χ0v) is 19.0. The lowest BCUT2D eigenvalue weighted by molar-refractivity contribution is -0.0328. The molecule has 4 rings (SSSR count). The minimum atomic E-state index is -4.44. The SMILES string of the molecule is Cc1c(O)n(-c2ccc(SC(F)(F)F)cc2)c(=O)n1Cc1ccncc1C(=O)Oc1ccccc1. The highest BCUT2D eigenvalue weighted by Crippen LogP contribution is 2.37. The first-order chi connectivity index (χ1) is 16.6. The summed E-state index contributed by atoms with van der Waals surface area (Å²) in [5, 5.41) is 10.6. The standard InChI is InChI=1S/C24H18F3N3O4S/c1-15-21(31)30(17-7-9-19(10-8-17)35-24(25,26)27)23(33)29(15)14-16-11-12-28-13-20(16)22(32)34-18-5-3-2-4-6-18/h2-13,31H,14H2,1H3. The Bertz CT molecular complexity index is 1410. The molecule has 0 amide bonds. The van der Waals surface area contributed by atoms with Crippen molar-refractivity contribution in [1.29, 1.82) is 0 Å². The zero-order valence-electron chi connectivity index (χ0n) is 18.2. The van der Waals surface area contributed by atoms with Crippen LogP contribution in [0, 0.1) is 6.92 Å². The summed E-state index contributed by atoms with van der Waals surface area (Å²) in [6, 6.07) is 15.1. The second kappa shape index (κ2) is 9.71. The lowest BCUT2D eigenvalue weighted by Gasteiger charge is -2.10. The number of imidazole rings is 1. The zero-order chi connectivity index (χ0) is 25.2. The lowest BCUT2D eigenvalue weighted by Crippen LogP contribution is -2.25. The highest BCUT2D eigenvalue weighted by atomic mass is 32.2. The monoisotopic (exact) mass is 501 g/mol. The maximum absolute atomic E-state index is 13.2. The average molecular weight is 501 g/mol. The number of esters is 1. The number of hydrogen-bond acceptors (Lipinski definition) is 6. The molecule has 1 N–H and O–H groups in total. The number of thioether (sulfide) groups is 1. The third-order valence-corrected chi connectivity index (χ3v) is 5.84. The Morgan fingerprint density at radius 3 is 2.43 bits per heavy atom. The average Bonchev–Trinajstić information content (AvgIpc) is 3.03. The first-order valence-electron chi connectivity index (χ1n) is 10.2. The van der Waals surface area contributed by atoms with Gasteiger partial charge in [-0.25, -0.2) is 14.2 Å². The van der Waals surface area contributed by atoms with Crippen LogP contribution in [0.2, 0.25) is 0 Å². The molecule has 0 saturated carbocycles. The molecule has 35 heavy (non-hydrogen) atoms. The van der Waals surface area contributed by atoms with E-state index in [9.17, 15) is 27.9 Å². The number of hydrogen-bond donors (Lipinski definition) is 1. The van der Waals surface area contributed by atoms with Crippen molar-refractivity contribution in [2.75, 3.05) is 0 Å². The number of para-hydroxylation sites is 1. The fraction of sp³-hybridized carbons (Fsp3) is 0.125.